The van der Waals surface area contributed by atoms with Crippen LogP contribution in [-0.4, -0.2) is 184 Å². The molecule has 97 heavy (non-hydrogen) atoms. The molecule has 4 aromatic rings. The number of thiol groups is 2. The standard InChI is InChI=1S/C64H89N17O14S2/c1-35(2)52(62(95)80-51(34-97)61(94)75-45(53(65)86)28-39-18-22-41(84)23-19-39)81-59(92)49(32-82)78-55(88)44(17-11-27-71-64(68)69)73-57(90)47(29-37-12-6-4-7-13-37)77-58(91)48(30-38-14-8-5-9-15-38)76-54(87)43(16-10-26-70-63(66)67)74-60(93)50(33-96)79-56(89)46(72-36(3)83)31-40-20-24-42(85)25-21-40/h4-9,12-15,18-25,35,43-52,82,84-85,96-97H,10-11,16-17,26-34H2,1-3H3,(H2,65,86)(H,72,83)(H,73,90)(H,74,93)(H,75,94)(H,76,87)(H,77,91)(H,78,88)(H,79,89)(H,80,95)(H,81,92)(H4,66,67,70)(H4,68,69,71)/t43-,44-,45-,46-,47-,48-,49-,50-,51-,52-/m0/s1. The molecule has 0 aromatic heterocycles. The Morgan fingerprint density at radius 3 is 1.05 bits per heavy atom. The molecule has 10 atom stereocenters. The Morgan fingerprint density at radius 2 is 0.701 bits per heavy atom. The Hall–Kier alpha value is -10.2. The zero-order valence-corrected chi connectivity index (χ0v) is 55.7. The van der Waals surface area contributed by atoms with Gasteiger partial charge in [0, 0.05) is 57.2 Å². The minimum Gasteiger partial charge on any atom is -0.508 e. The molecule has 4 rings (SSSR count). The first-order valence-electron chi connectivity index (χ1n) is 31.0. The van der Waals surface area contributed by atoms with E-state index >= 15 is 0 Å². The molecule has 526 valence electrons. The van der Waals surface area contributed by atoms with Gasteiger partial charge in [0.2, 0.25) is 65.0 Å². The lowest BCUT2D eigenvalue weighted by molar-refractivity contribution is -0.136. The van der Waals surface area contributed by atoms with E-state index in [0.717, 1.165) is 0 Å². The van der Waals surface area contributed by atoms with Crippen LogP contribution in [0.5, 0.6) is 11.5 Å². The predicted octanol–water partition coefficient (Wildman–Crippen LogP) is -3.24. The molecule has 0 aliphatic heterocycles. The molecule has 0 aliphatic rings. The van der Waals surface area contributed by atoms with Gasteiger partial charge in [-0.1, -0.05) is 98.8 Å². The van der Waals surface area contributed by atoms with Crippen LogP contribution in [0.25, 0.3) is 0 Å². The first kappa shape index (κ1) is 79.3. The largest absolute Gasteiger partial charge is 0.508 e. The Bertz CT molecular complexity index is 3320. The van der Waals surface area contributed by atoms with Crippen molar-refractivity contribution < 1.29 is 68.1 Å². The first-order chi connectivity index (χ1) is 46.1. The topological polar surface area (TPSA) is 519 Å². The third kappa shape index (κ3) is 28.4. The maximum absolute atomic E-state index is 14.9. The van der Waals surface area contributed by atoms with Gasteiger partial charge in [0.1, 0.15) is 71.9 Å². The van der Waals surface area contributed by atoms with Gasteiger partial charge in [-0.05, 0) is 78.1 Å². The van der Waals surface area contributed by atoms with Crippen molar-refractivity contribution in [3.05, 3.63) is 131 Å². The van der Waals surface area contributed by atoms with E-state index in [9.17, 15) is 68.1 Å². The second kappa shape index (κ2) is 41.0. The summed E-state index contributed by atoms with van der Waals surface area (Å²) in [7, 11) is 0. The highest BCUT2D eigenvalue weighted by Gasteiger charge is 2.37. The van der Waals surface area contributed by atoms with E-state index in [0.29, 0.717) is 22.3 Å². The summed E-state index contributed by atoms with van der Waals surface area (Å²) in [5.41, 5.74) is 18.8. The van der Waals surface area contributed by atoms with Crippen LogP contribution in [-0.2, 0) is 78.4 Å². The lowest BCUT2D eigenvalue weighted by atomic mass is 10.0. The molecule has 31 nitrogen and oxygen atoms in total. The monoisotopic (exact) mass is 1380 g/mol. The Morgan fingerprint density at radius 1 is 0.402 bits per heavy atom. The average molecular weight is 1380 g/mol. The van der Waals surface area contributed by atoms with Crippen LogP contribution in [0.2, 0.25) is 0 Å². The van der Waals surface area contributed by atoms with Gasteiger partial charge in [-0.3, -0.25) is 63.6 Å². The fourth-order valence-electron chi connectivity index (χ4n) is 9.67. The van der Waals surface area contributed by atoms with Gasteiger partial charge in [-0.2, -0.15) is 25.3 Å². The number of rotatable bonds is 40. The summed E-state index contributed by atoms with van der Waals surface area (Å²) < 4.78 is 0. The fraction of sp³-hybridized carbons (Fsp3) is 0.422. The van der Waals surface area contributed by atoms with Crippen LogP contribution >= 0.6 is 25.3 Å². The highest BCUT2D eigenvalue weighted by Crippen LogP contribution is 2.15. The maximum Gasteiger partial charge on any atom is 0.245 e. The van der Waals surface area contributed by atoms with Crippen LogP contribution in [0.15, 0.2) is 109 Å². The lowest BCUT2D eigenvalue weighted by Crippen LogP contribution is -2.62. The number of phenols is 2. The van der Waals surface area contributed by atoms with Crippen LogP contribution in [0, 0.1) is 16.7 Å². The lowest BCUT2D eigenvalue weighted by Gasteiger charge is -2.29. The summed E-state index contributed by atoms with van der Waals surface area (Å²) in [6, 6.07) is 14.2. The fourth-order valence-corrected chi connectivity index (χ4v) is 10.2. The number of nitrogens with one attached hydrogen (secondary N) is 14. The molecule has 0 spiro atoms. The Balaban J connectivity index is 1.61. The third-order valence-electron chi connectivity index (χ3n) is 14.9. The zero-order chi connectivity index (χ0) is 71.7. The summed E-state index contributed by atoms with van der Waals surface area (Å²) in [5.74, 6) is -11.8. The molecule has 33 heteroatoms. The van der Waals surface area contributed by atoms with Gasteiger partial charge < -0.3 is 96.3 Å². The van der Waals surface area contributed by atoms with E-state index in [2.05, 4.69) is 89.1 Å². The van der Waals surface area contributed by atoms with Gasteiger partial charge in [-0.15, -0.1) is 0 Å². The van der Waals surface area contributed by atoms with Crippen molar-refractivity contribution in [2.24, 2.45) is 23.1 Å². The van der Waals surface area contributed by atoms with Gasteiger partial charge in [0.25, 0.3) is 0 Å². The molecule has 0 radical (unpaired) electrons. The van der Waals surface area contributed by atoms with Crippen molar-refractivity contribution >= 4 is 102 Å². The zero-order valence-electron chi connectivity index (χ0n) is 53.9. The smallest absolute Gasteiger partial charge is 0.245 e. The number of guanidine groups is 2. The van der Waals surface area contributed by atoms with Crippen LogP contribution in [0.1, 0.15) is 68.7 Å². The molecule has 11 amide bonds. The van der Waals surface area contributed by atoms with E-state index in [1.165, 1.54) is 43.3 Å². The van der Waals surface area contributed by atoms with E-state index in [1.807, 2.05) is 0 Å². The number of amides is 11. The summed E-state index contributed by atoms with van der Waals surface area (Å²) in [4.78, 5) is 153. The van der Waals surface area contributed by atoms with Crippen molar-refractivity contribution in [3.8, 4) is 11.5 Å². The number of carbonyl (C=O) groups is 11. The van der Waals surface area contributed by atoms with Gasteiger partial charge in [-0.25, -0.2) is 0 Å². The van der Waals surface area contributed by atoms with Gasteiger partial charge in [0.15, 0.2) is 11.9 Å². The number of phenolic OH excluding ortho intramolecular Hbond substituents is 2. The molecule has 4 aromatic carbocycles. The Labute approximate surface area is 572 Å². The van der Waals surface area contributed by atoms with Crippen LogP contribution in [0.4, 0.5) is 0 Å². The summed E-state index contributed by atoms with van der Waals surface area (Å²) in [6.45, 7) is 3.37. The number of aromatic hydroxyl groups is 2. The molecule has 0 heterocycles. The maximum atomic E-state index is 14.9. The van der Waals surface area contributed by atoms with Crippen LogP contribution in [0.3, 0.4) is 0 Å². The quantitative estimate of drug-likeness (QED) is 0.00900. The third-order valence-corrected chi connectivity index (χ3v) is 15.6. The minimum absolute atomic E-state index is 0.0157. The van der Waals surface area contributed by atoms with Crippen molar-refractivity contribution in [1.29, 1.82) is 10.8 Å². The number of primary amides is 1. The van der Waals surface area contributed by atoms with Gasteiger partial charge >= 0.3 is 0 Å². The van der Waals surface area contributed by atoms with Crippen molar-refractivity contribution in [1.82, 2.24) is 63.8 Å². The number of benzene rings is 4. The molecule has 0 bridgehead atoms. The van der Waals surface area contributed by atoms with E-state index in [-0.39, 0.29) is 93.4 Å². The molecule has 0 saturated heterocycles. The van der Waals surface area contributed by atoms with Crippen molar-refractivity contribution in [2.75, 3.05) is 31.2 Å². The van der Waals surface area contributed by atoms with Crippen molar-refractivity contribution in [3.63, 3.8) is 0 Å². The first-order valence-corrected chi connectivity index (χ1v) is 32.3. The second-order valence-corrected chi connectivity index (χ2v) is 23.7. The summed E-state index contributed by atoms with van der Waals surface area (Å²) in [5, 5.41) is 76.3. The average Bonchev–Trinajstić information content (AvgIpc) is 0.903. The molecule has 23 N–H and O–H groups in total. The Kier molecular flexibility index (Phi) is 33.5. The normalized spacial score (nSPS) is 14.0. The number of hydrogen-bond donors (Lipinski definition) is 22. The highest BCUT2D eigenvalue weighted by molar-refractivity contribution is 7.80. The predicted molar refractivity (Wildman–Crippen MR) is 366 cm³/mol. The summed E-state index contributed by atoms with van der Waals surface area (Å²) >= 11 is 8.52. The number of hydrogen-bond acceptors (Lipinski definition) is 18. The number of nitrogens with two attached hydrogens (primary N) is 3. The molecule has 0 fully saturated rings. The van der Waals surface area contributed by atoms with Gasteiger partial charge in [0.05, 0.1) is 6.61 Å². The van der Waals surface area contributed by atoms with E-state index < -0.39 is 144 Å². The molecular weight excluding hydrogens is 1290 g/mol. The summed E-state index contributed by atoms with van der Waals surface area (Å²) in [6.07, 6.45) is -0.635. The van der Waals surface area contributed by atoms with Crippen molar-refractivity contribution in [2.45, 2.75) is 133 Å². The van der Waals surface area contributed by atoms with Crippen LogP contribution < -0.4 is 81.0 Å². The number of carbonyl (C=O) groups excluding carboxylic acids is 11. The second-order valence-electron chi connectivity index (χ2n) is 23.0. The van der Waals surface area contributed by atoms with E-state index in [1.54, 1.807) is 86.6 Å². The highest BCUT2D eigenvalue weighted by atomic mass is 32.1. The minimum atomic E-state index is -1.77. The van der Waals surface area contributed by atoms with E-state index in [4.69, 9.17) is 28.0 Å². The molecule has 0 aliphatic carbocycles. The molecule has 0 unspecified atom stereocenters. The SMILES string of the molecule is CC(=O)N[C@@H](Cc1ccc(O)cc1)C(=O)N[C@@H](CS)C(=O)N[C@@H](CCCNC(=N)N)C(=O)N[C@@H](Cc1ccccc1)C(=O)N[C@@H](Cc1ccccc1)C(=O)N[C@@H](CCCNC(=N)N)C(=O)N[C@@H](CO)C(=O)N[C@H](C(=O)N[C@@H](CS)C(=O)N[C@@H](Cc1ccc(O)cc1)C(N)=O)C(C)C. The molecular formula is C64H89N17O14S2. The number of aliphatic hydroxyl groups excluding tert-OH is 1. The molecule has 0 saturated carbocycles. The number of aliphatic hydroxyl groups is 1.